The molecule has 0 saturated heterocycles. The van der Waals surface area contributed by atoms with E-state index in [2.05, 4.69) is 5.16 Å². The normalized spacial score (nSPS) is 16.7. The molecule has 102 valence electrons. The molecule has 0 spiro atoms. The number of hydrogen-bond donors (Lipinski definition) is 1. The Kier molecular flexibility index (Phi) is 3.40. The molecular weight excluding hydrogens is 244 g/mol. The molecule has 3 rings (SSSR count). The summed E-state index contributed by atoms with van der Waals surface area (Å²) in [5.74, 6) is 1.18. The molecule has 1 N–H and O–H groups in total. The minimum absolute atomic E-state index is 0.317. The number of methoxy groups -OCH3 is 1. The number of hydrogen-bond acceptors (Lipinski definition) is 4. The molecule has 1 unspecified atom stereocenters. The molecule has 2 heterocycles. The zero-order chi connectivity index (χ0) is 13.2. The molecule has 1 fully saturated rings. The van der Waals surface area contributed by atoms with E-state index in [0.29, 0.717) is 19.1 Å². The second kappa shape index (κ2) is 5.19. The van der Waals surface area contributed by atoms with Gasteiger partial charge in [-0.05, 0) is 30.4 Å². The molecule has 5 heteroatoms. The van der Waals surface area contributed by atoms with E-state index in [0.717, 1.165) is 29.9 Å². The first-order chi connectivity index (χ1) is 9.26. The zero-order valence-corrected chi connectivity index (χ0v) is 11.0. The molecule has 1 atom stereocenters. The summed E-state index contributed by atoms with van der Waals surface area (Å²) in [6.07, 6.45) is 5.90. The molecule has 1 aliphatic carbocycles. The Balaban J connectivity index is 1.65. The fraction of sp³-hybridized carbons (Fsp3) is 0.500. The summed E-state index contributed by atoms with van der Waals surface area (Å²) in [6, 6.07) is 3.86. The molecule has 2 aromatic heterocycles. The Morgan fingerprint density at radius 2 is 2.42 bits per heavy atom. The van der Waals surface area contributed by atoms with Crippen LogP contribution >= 0.6 is 0 Å². The molecule has 5 nitrogen and oxygen atoms in total. The standard InChI is InChI=1S/C14H18N2O3/c1-18-9-13-6-12(15-19-13)8-16-5-4-11(7-16)14(17)10-2-3-10/h4-7,10,14,17H,2-3,8-9H2,1H3. The molecule has 0 aliphatic heterocycles. The van der Waals surface area contributed by atoms with Crippen molar-refractivity contribution in [1.82, 2.24) is 9.72 Å². The monoisotopic (exact) mass is 262 g/mol. The number of nitrogens with zero attached hydrogens (tertiary/aromatic N) is 2. The first kappa shape index (κ1) is 12.4. The van der Waals surface area contributed by atoms with Crippen LogP contribution in [-0.4, -0.2) is 21.9 Å². The predicted molar refractivity (Wildman–Crippen MR) is 68.4 cm³/mol. The summed E-state index contributed by atoms with van der Waals surface area (Å²) in [6.45, 7) is 1.08. The highest BCUT2D eigenvalue weighted by Crippen LogP contribution is 2.40. The third kappa shape index (κ3) is 2.88. The third-order valence-electron chi connectivity index (χ3n) is 3.42. The van der Waals surface area contributed by atoms with E-state index in [4.69, 9.17) is 9.26 Å². The number of aliphatic hydroxyl groups excluding tert-OH is 1. The zero-order valence-electron chi connectivity index (χ0n) is 11.0. The quantitative estimate of drug-likeness (QED) is 0.866. The van der Waals surface area contributed by atoms with Crippen molar-refractivity contribution in [2.75, 3.05) is 7.11 Å². The maximum absolute atomic E-state index is 10.0. The van der Waals surface area contributed by atoms with Crippen LogP contribution in [0.4, 0.5) is 0 Å². The van der Waals surface area contributed by atoms with Gasteiger partial charge in [0.25, 0.3) is 0 Å². The van der Waals surface area contributed by atoms with Crippen LogP contribution < -0.4 is 0 Å². The highest BCUT2D eigenvalue weighted by molar-refractivity contribution is 5.17. The lowest BCUT2D eigenvalue weighted by atomic mass is 10.1. The fourth-order valence-corrected chi connectivity index (χ4v) is 2.24. The molecule has 0 aromatic carbocycles. The highest BCUT2D eigenvalue weighted by atomic mass is 16.5. The number of rotatable bonds is 6. The summed E-state index contributed by atoms with van der Waals surface area (Å²) in [4.78, 5) is 0. The maximum Gasteiger partial charge on any atom is 0.162 e. The molecule has 2 aromatic rings. The summed E-state index contributed by atoms with van der Waals surface area (Å²) < 4.78 is 12.1. The second-order valence-electron chi connectivity index (χ2n) is 5.12. The average Bonchev–Trinajstić information content (AvgIpc) is 3.00. The van der Waals surface area contributed by atoms with Crippen LogP contribution in [0.15, 0.2) is 29.0 Å². The van der Waals surface area contributed by atoms with Crippen LogP contribution in [0.25, 0.3) is 0 Å². The summed E-state index contributed by atoms with van der Waals surface area (Å²) in [5.41, 5.74) is 1.85. The SMILES string of the molecule is COCc1cc(Cn2ccc(C(O)C3CC3)c2)no1. The molecule has 0 amide bonds. The van der Waals surface area contributed by atoms with E-state index in [1.807, 2.05) is 29.1 Å². The van der Waals surface area contributed by atoms with Crippen molar-refractivity contribution in [1.29, 1.82) is 0 Å². The number of ether oxygens (including phenoxy) is 1. The minimum Gasteiger partial charge on any atom is -0.388 e. The van der Waals surface area contributed by atoms with Gasteiger partial charge in [0.1, 0.15) is 12.3 Å². The van der Waals surface area contributed by atoms with E-state index in [1.165, 1.54) is 0 Å². The van der Waals surface area contributed by atoms with Crippen LogP contribution in [0.5, 0.6) is 0 Å². The van der Waals surface area contributed by atoms with Crippen molar-refractivity contribution in [3.05, 3.63) is 41.5 Å². The van der Waals surface area contributed by atoms with Crippen molar-refractivity contribution < 1.29 is 14.4 Å². The lowest BCUT2D eigenvalue weighted by molar-refractivity contribution is 0.154. The van der Waals surface area contributed by atoms with E-state index in [9.17, 15) is 5.11 Å². The van der Waals surface area contributed by atoms with Crippen LogP contribution in [0.1, 0.15) is 36.0 Å². The molecule has 0 bridgehead atoms. The number of aliphatic hydroxyl groups is 1. The Morgan fingerprint density at radius 1 is 1.58 bits per heavy atom. The van der Waals surface area contributed by atoms with Crippen LogP contribution in [0, 0.1) is 5.92 Å². The van der Waals surface area contributed by atoms with Crippen LogP contribution in [0.3, 0.4) is 0 Å². The predicted octanol–water partition coefficient (Wildman–Crippen LogP) is 2.11. The first-order valence-corrected chi connectivity index (χ1v) is 6.53. The second-order valence-corrected chi connectivity index (χ2v) is 5.12. The van der Waals surface area contributed by atoms with E-state index >= 15 is 0 Å². The van der Waals surface area contributed by atoms with Gasteiger partial charge in [0.15, 0.2) is 5.76 Å². The Morgan fingerprint density at radius 3 is 3.16 bits per heavy atom. The van der Waals surface area contributed by atoms with Gasteiger partial charge >= 0.3 is 0 Å². The smallest absolute Gasteiger partial charge is 0.162 e. The molecular formula is C14H18N2O3. The van der Waals surface area contributed by atoms with Crippen molar-refractivity contribution in [3.8, 4) is 0 Å². The number of aromatic nitrogens is 2. The molecule has 1 saturated carbocycles. The third-order valence-corrected chi connectivity index (χ3v) is 3.42. The van der Waals surface area contributed by atoms with Crippen molar-refractivity contribution >= 4 is 0 Å². The summed E-state index contributed by atoms with van der Waals surface area (Å²) in [7, 11) is 1.62. The lowest BCUT2D eigenvalue weighted by Gasteiger charge is -2.05. The lowest BCUT2D eigenvalue weighted by Crippen LogP contribution is -1.99. The Labute approximate surface area is 111 Å². The van der Waals surface area contributed by atoms with E-state index in [1.54, 1.807) is 7.11 Å². The molecule has 1 aliphatic rings. The average molecular weight is 262 g/mol. The van der Waals surface area contributed by atoms with Gasteiger partial charge in [-0.3, -0.25) is 0 Å². The topological polar surface area (TPSA) is 60.4 Å². The Hall–Kier alpha value is -1.59. The summed E-state index contributed by atoms with van der Waals surface area (Å²) >= 11 is 0. The van der Waals surface area contributed by atoms with Gasteiger partial charge in [0.05, 0.1) is 12.6 Å². The first-order valence-electron chi connectivity index (χ1n) is 6.53. The van der Waals surface area contributed by atoms with E-state index < -0.39 is 0 Å². The highest BCUT2D eigenvalue weighted by Gasteiger charge is 2.31. The van der Waals surface area contributed by atoms with Gasteiger partial charge < -0.3 is 18.9 Å². The van der Waals surface area contributed by atoms with Gasteiger partial charge in [0, 0.05) is 25.6 Å². The summed E-state index contributed by atoms with van der Waals surface area (Å²) in [5, 5.41) is 14.0. The molecule has 19 heavy (non-hydrogen) atoms. The van der Waals surface area contributed by atoms with Gasteiger partial charge in [0.2, 0.25) is 0 Å². The van der Waals surface area contributed by atoms with Gasteiger partial charge in [-0.2, -0.15) is 0 Å². The van der Waals surface area contributed by atoms with E-state index in [-0.39, 0.29) is 6.10 Å². The van der Waals surface area contributed by atoms with Gasteiger partial charge in [-0.25, -0.2) is 0 Å². The van der Waals surface area contributed by atoms with Crippen molar-refractivity contribution in [3.63, 3.8) is 0 Å². The van der Waals surface area contributed by atoms with Crippen molar-refractivity contribution in [2.45, 2.75) is 32.1 Å². The largest absolute Gasteiger partial charge is 0.388 e. The van der Waals surface area contributed by atoms with Crippen LogP contribution in [-0.2, 0) is 17.9 Å². The fourth-order valence-electron chi connectivity index (χ4n) is 2.24. The van der Waals surface area contributed by atoms with Gasteiger partial charge in [-0.15, -0.1) is 0 Å². The maximum atomic E-state index is 10.0. The molecule has 0 radical (unpaired) electrons. The van der Waals surface area contributed by atoms with Crippen LogP contribution in [0.2, 0.25) is 0 Å². The Bertz CT molecular complexity index is 542. The van der Waals surface area contributed by atoms with Gasteiger partial charge in [-0.1, -0.05) is 5.16 Å². The van der Waals surface area contributed by atoms with Crippen molar-refractivity contribution in [2.24, 2.45) is 5.92 Å². The minimum atomic E-state index is -0.317.